The summed E-state index contributed by atoms with van der Waals surface area (Å²) in [5, 5.41) is 1.14. The van der Waals surface area contributed by atoms with Crippen LogP contribution in [0.25, 0.3) is 0 Å². The van der Waals surface area contributed by atoms with Crippen LogP contribution in [0.1, 0.15) is 17.4 Å². The van der Waals surface area contributed by atoms with Gasteiger partial charge in [0.2, 0.25) is 0 Å². The van der Waals surface area contributed by atoms with Crippen LogP contribution >= 0.6 is 23.2 Å². The van der Waals surface area contributed by atoms with Crippen LogP contribution < -0.4 is 0 Å². The molecule has 0 fully saturated rings. The molecule has 0 aliphatic carbocycles. The van der Waals surface area contributed by atoms with Crippen molar-refractivity contribution in [1.82, 2.24) is 0 Å². The Morgan fingerprint density at radius 2 is 1.71 bits per heavy atom. The van der Waals surface area contributed by atoms with Crippen LogP contribution in [0.4, 0.5) is 0 Å². The van der Waals surface area contributed by atoms with Gasteiger partial charge in [0.15, 0.2) is 6.29 Å². The van der Waals surface area contributed by atoms with E-state index in [4.69, 9.17) is 32.7 Å². The quantitative estimate of drug-likeness (QED) is 0.745. The fourth-order valence-corrected chi connectivity index (χ4v) is 1.78. The van der Waals surface area contributed by atoms with Crippen molar-refractivity contribution in [2.75, 3.05) is 14.2 Å². The topological polar surface area (TPSA) is 18.5 Å². The van der Waals surface area contributed by atoms with Gasteiger partial charge in [0, 0.05) is 19.8 Å². The molecule has 0 N–H and O–H groups in total. The van der Waals surface area contributed by atoms with E-state index in [0.717, 1.165) is 5.56 Å². The highest BCUT2D eigenvalue weighted by atomic mass is 35.5. The van der Waals surface area contributed by atoms with E-state index in [0.29, 0.717) is 15.6 Å². The summed E-state index contributed by atoms with van der Waals surface area (Å²) >= 11 is 12.1. The second-order valence-corrected chi connectivity index (χ2v) is 3.68. The van der Waals surface area contributed by atoms with Crippen LogP contribution in [-0.2, 0) is 9.47 Å². The van der Waals surface area contributed by atoms with Crippen LogP contribution in [0.5, 0.6) is 0 Å². The van der Waals surface area contributed by atoms with Crippen molar-refractivity contribution in [2.24, 2.45) is 0 Å². The first-order valence-corrected chi connectivity index (χ1v) is 4.87. The van der Waals surface area contributed by atoms with Gasteiger partial charge in [0.1, 0.15) is 0 Å². The molecule has 0 radical (unpaired) electrons. The van der Waals surface area contributed by atoms with Gasteiger partial charge in [0.05, 0.1) is 10.0 Å². The maximum absolute atomic E-state index is 6.11. The number of benzene rings is 1. The predicted molar refractivity (Wildman–Crippen MR) is 58.0 cm³/mol. The third-order valence-electron chi connectivity index (χ3n) is 1.98. The summed E-state index contributed by atoms with van der Waals surface area (Å²) < 4.78 is 10.2. The zero-order valence-corrected chi connectivity index (χ0v) is 9.82. The Hall–Kier alpha value is -0.280. The van der Waals surface area contributed by atoms with E-state index in [9.17, 15) is 0 Å². The van der Waals surface area contributed by atoms with Gasteiger partial charge < -0.3 is 9.47 Å². The average Bonchev–Trinajstić information content (AvgIpc) is 2.19. The van der Waals surface area contributed by atoms with E-state index < -0.39 is 6.29 Å². The number of hydrogen-bond donors (Lipinski definition) is 0. The molecule has 0 atom stereocenters. The number of rotatable bonds is 3. The van der Waals surface area contributed by atoms with Crippen molar-refractivity contribution in [3.05, 3.63) is 33.3 Å². The summed E-state index contributed by atoms with van der Waals surface area (Å²) in [4.78, 5) is 0. The zero-order valence-electron chi connectivity index (χ0n) is 8.30. The molecule has 0 spiro atoms. The van der Waals surface area contributed by atoms with Gasteiger partial charge in [-0.05, 0) is 18.6 Å². The molecule has 0 aliphatic heterocycles. The molecule has 0 bridgehead atoms. The Kier molecular flexibility index (Phi) is 4.20. The minimum absolute atomic E-state index is 0.519. The van der Waals surface area contributed by atoms with E-state index in [1.54, 1.807) is 20.3 Å². The van der Waals surface area contributed by atoms with Crippen LogP contribution in [-0.4, -0.2) is 14.2 Å². The van der Waals surface area contributed by atoms with Gasteiger partial charge in [-0.15, -0.1) is 0 Å². The average molecular weight is 235 g/mol. The Morgan fingerprint density at radius 3 is 2.21 bits per heavy atom. The Labute approximate surface area is 93.7 Å². The molecular formula is C10H12Cl2O2. The number of methoxy groups -OCH3 is 2. The fraction of sp³-hybridized carbons (Fsp3) is 0.400. The molecule has 2 nitrogen and oxygen atoms in total. The summed E-state index contributed by atoms with van der Waals surface area (Å²) in [6, 6.07) is 3.64. The first-order chi connectivity index (χ1) is 6.61. The van der Waals surface area contributed by atoms with E-state index in [1.807, 2.05) is 13.0 Å². The normalized spacial score (nSPS) is 11.0. The number of hydrogen-bond acceptors (Lipinski definition) is 2. The third-order valence-corrected chi connectivity index (χ3v) is 2.81. The summed E-state index contributed by atoms with van der Waals surface area (Å²) in [5.41, 5.74) is 1.63. The lowest BCUT2D eigenvalue weighted by Crippen LogP contribution is -2.05. The van der Waals surface area contributed by atoms with E-state index in [2.05, 4.69) is 0 Å². The molecule has 0 aromatic heterocycles. The number of ether oxygens (including phenoxy) is 2. The zero-order chi connectivity index (χ0) is 10.7. The van der Waals surface area contributed by atoms with Crippen LogP contribution in [0.15, 0.2) is 12.1 Å². The number of halogens is 2. The van der Waals surface area contributed by atoms with E-state index in [1.165, 1.54) is 0 Å². The minimum atomic E-state index is -0.519. The smallest absolute Gasteiger partial charge is 0.186 e. The summed E-state index contributed by atoms with van der Waals surface area (Å²) in [5.74, 6) is 0. The molecule has 78 valence electrons. The van der Waals surface area contributed by atoms with Crippen LogP contribution in [0, 0.1) is 6.92 Å². The molecule has 0 heterocycles. The van der Waals surface area contributed by atoms with E-state index >= 15 is 0 Å². The standard InChI is InChI=1S/C10H12Cl2O2/c1-6-4-5-7(11)8(9(6)12)10(13-2)14-3/h4-5,10H,1-3H3. The maximum Gasteiger partial charge on any atom is 0.186 e. The molecule has 14 heavy (non-hydrogen) atoms. The Balaban J connectivity index is 3.23. The molecule has 1 rings (SSSR count). The molecule has 1 aromatic rings. The second kappa shape index (κ2) is 4.99. The molecular weight excluding hydrogens is 223 g/mol. The van der Waals surface area contributed by atoms with Gasteiger partial charge in [-0.25, -0.2) is 0 Å². The Morgan fingerprint density at radius 1 is 1.14 bits per heavy atom. The van der Waals surface area contributed by atoms with Crippen LogP contribution in [0.3, 0.4) is 0 Å². The maximum atomic E-state index is 6.11. The van der Waals surface area contributed by atoms with Gasteiger partial charge >= 0.3 is 0 Å². The summed E-state index contributed by atoms with van der Waals surface area (Å²) in [7, 11) is 3.09. The Bertz CT molecular complexity index is 322. The lowest BCUT2D eigenvalue weighted by Gasteiger charge is -2.17. The highest BCUT2D eigenvalue weighted by molar-refractivity contribution is 6.36. The molecule has 0 amide bonds. The van der Waals surface area contributed by atoms with Crippen molar-refractivity contribution in [3.8, 4) is 0 Å². The molecule has 0 saturated heterocycles. The SMILES string of the molecule is COC(OC)c1c(Cl)ccc(C)c1Cl. The first-order valence-electron chi connectivity index (χ1n) is 4.12. The largest absolute Gasteiger partial charge is 0.352 e. The third kappa shape index (κ3) is 2.20. The van der Waals surface area contributed by atoms with Crippen LogP contribution in [0.2, 0.25) is 10.0 Å². The minimum Gasteiger partial charge on any atom is -0.352 e. The lowest BCUT2D eigenvalue weighted by atomic mass is 10.1. The van der Waals surface area contributed by atoms with Crippen molar-refractivity contribution in [3.63, 3.8) is 0 Å². The second-order valence-electron chi connectivity index (χ2n) is 2.90. The highest BCUT2D eigenvalue weighted by Crippen LogP contribution is 2.34. The molecule has 0 unspecified atom stereocenters. The van der Waals surface area contributed by atoms with Crippen molar-refractivity contribution in [2.45, 2.75) is 13.2 Å². The number of aryl methyl sites for hydroxylation is 1. The molecule has 4 heteroatoms. The lowest BCUT2D eigenvalue weighted by molar-refractivity contribution is -0.105. The summed E-state index contributed by atoms with van der Waals surface area (Å²) in [6.07, 6.45) is -0.519. The molecule has 0 saturated carbocycles. The molecule has 0 aliphatic rings. The van der Waals surface area contributed by atoms with Gasteiger partial charge in [-0.3, -0.25) is 0 Å². The summed E-state index contributed by atoms with van der Waals surface area (Å²) in [6.45, 7) is 1.91. The molecule has 1 aromatic carbocycles. The fourth-order valence-electron chi connectivity index (χ4n) is 1.23. The first kappa shape index (κ1) is 11.8. The predicted octanol–water partition coefficient (Wildman–Crippen LogP) is 3.59. The van der Waals surface area contributed by atoms with Gasteiger partial charge in [0.25, 0.3) is 0 Å². The van der Waals surface area contributed by atoms with E-state index in [-0.39, 0.29) is 0 Å². The monoisotopic (exact) mass is 234 g/mol. The van der Waals surface area contributed by atoms with Crippen molar-refractivity contribution < 1.29 is 9.47 Å². The van der Waals surface area contributed by atoms with Gasteiger partial charge in [-0.1, -0.05) is 29.3 Å². The van der Waals surface area contributed by atoms with Crippen molar-refractivity contribution in [1.29, 1.82) is 0 Å². The van der Waals surface area contributed by atoms with Gasteiger partial charge in [-0.2, -0.15) is 0 Å². The van der Waals surface area contributed by atoms with Crippen molar-refractivity contribution >= 4 is 23.2 Å². The highest BCUT2D eigenvalue weighted by Gasteiger charge is 2.18.